The van der Waals surface area contributed by atoms with Crippen molar-refractivity contribution in [2.24, 2.45) is 0 Å². The van der Waals surface area contributed by atoms with Gasteiger partial charge in [-0.1, -0.05) is 84.9 Å². The lowest BCUT2D eigenvalue weighted by molar-refractivity contribution is 0.0916. The standard InChI is InChI=1S/C27H26N2O5/c30-25(21-13-11-20(12-14-21)22-16-23(22)28-26(31)32)24(15-18-7-3-1-4-8-18)29-27(33)34-17-19-9-5-2-6-10-19/h1-14,22-24,28H,15-17H2,(H,29,33)(H,31,32)/t22?,23?,24-/m0/s1. The zero-order valence-electron chi connectivity index (χ0n) is 18.5. The summed E-state index contributed by atoms with van der Waals surface area (Å²) in [4.78, 5) is 36.6. The van der Waals surface area contributed by atoms with Gasteiger partial charge >= 0.3 is 12.2 Å². The minimum atomic E-state index is -1.03. The first kappa shape index (κ1) is 23.0. The normalized spacial score (nSPS) is 17.3. The fourth-order valence-electron chi connectivity index (χ4n) is 3.94. The average molecular weight is 459 g/mol. The van der Waals surface area contributed by atoms with E-state index in [4.69, 9.17) is 9.84 Å². The van der Waals surface area contributed by atoms with E-state index in [9.17, 15) is 14.4 Å². The highest BCUT2D eigenvalue weighted by Gasteiger charge is 2.39. The van der Waals surface area contributed by atoms with Gasteiger partial charge in [0.2, 0.25) is 0 Å². The number of nitrogens with one attached hydrogen (secondary N) is 2. The first-order valence-corrected chi connectivity index (χ1v) is 11.1. The van der Waals surface area contributed by atoms with Gasteiger partial charge in [0, 0.05) is 23.9 Å². The van der Waals surface area contributed by atoms with Crippen molar-refractivity contribution in [3.05, 3.63) is 107 Å². The molecule has 34 heavy (non-hydrogen) atoms. The van der Waals surface area contributed by atoms with Gasteiger partial charge in [-0.25, -0.2) is 9.59 Å². The van der Waals surface area contributed by atoms with E-state index in [1.54, 1.807) is 12.1 Å². The number of alkyl carbamates (subject to hydrolysis) is 1. The zero-order chi connectivity index (χ0) is 23.9. The molecule has 0 bridgehead atoms. The van der Waals surface area contributed by atoms with Crippen molar-refractivity contribution in [3.63, 3.8) is 0 Å². The summed E-state index contributed by atoms with van der Waals surface area (Å²) in [6.07, 6.45) is -0.622. The van der Waals surface area contributed by atoms with Crippen molar-refractivity contribution < 1.29 is 24.2 Å². The topological polar surface area (TPSA) is 105 Å². The molecule has 3 N–H and O–H groups in total. The number of benzene rings is 3. The van der Waals surface area contributed by atoms with Crippen LogP contribution in [0.15, 0.2) is 84.9 Å². The average Bonchev–Trinajstić information content (AvgIpc) is 3.61. The van der Waals surface area contributed by atoms with E-state index in [0.717, 1.165) is 23.1 Å². The summed E-state index contributed by atoms with van der Waals surface area (Å²) in [7, 11) is 0. The summed E-state index contributed by atoms with van der Waals surface area (Å²) in [6.45, 7) is 0.112. The van der Waals surface area contributed by atoms with Crippen LogP contribution in [0, 0.1) is 0 Å². The molecule has 1 aliphatic rings. The number of rotatable bonds is 9. The number of carbonyl (C=O) groups excluding carboxylic acids is 2. The summed E-state index contributed by atoms with van der Waals surface area (Å²) < 4.78 is 5.33. The number of ketones is 1. The Morgan fingerprint density at radius 3 is 2.12 bits per heavy atom. The van der Waals surface area contributed by atoms with Gasteiger partial charge in [0.1, 0.15) is 6.61 Å². The molecule has 7 nitrogen and oxygen atoms in total. The molecule has 2 amide bonds. The maximum atomic E-state index is 13.3. The SMILES string of the molecule is O=C(O)NC1CC1c1ccc(C(=O)[C@H](Cc2ccccc2)NC(=O)OCc2ccccc2)cc1. The summed E-state index contributed by atoms with van der Waals surface area (Å²) >= 11 is 0. The Hall–Kier alpha value is -4.13. The first-order valence-electron chi connectivity index (χ1n) is 11.1. The first-order chi connectivity index (χ1) is 16.5. The highest BCUT2D eigenvalue weighted by molar-refractivity contribution is 6.01. The fourth-order valence-corrected chi connectivity index (χ4v) is 3.94. The summed E-state index contributed by atoms with van der Waals surface area (Å²) in [6, 6.07) is 25.1. The molecule has 3 aromatic carbocycles. The third-order valence-corrected chi connectivity index (χ3v) is 5.83. The lowest BCUT2D eigenvalue weighted by atomic mass is 9.96. The monoisotopic (exact) mass is 458 g/mol. The molecule has 2 unspecified atom stereocenters. The molecule has 174 valence electrons. The number of hydrogen-bond donors (Lipinski definition) is 3. The second-order valence-corrected chi connectivity index (χ2v) is 8.33. The van der Waals surface area contributed by atoms with Crippen molar-refractivity contribution in [1.82, 2.24) is 10.6 Å². The van der Waals surface area contributed by atoms with Crippen LogP contribution >= 0.6 is 0 Å². The van der Waals surface area contributed by atoms with Crippen LogP contribution in [-0.2, 0) is 17.8 Å². The van der Waals surface area contributed by atoms with E-state index >= 15 is 0 Å². The number of Topliss-reactive ketones (excluding diaryl/α,β-unsaturated/α-hetero) is 1. The zero-order valence-corrected chi connectivity index (χ0v) is 18.5. The number of ether oxygens (including phenoxy) is 1. The third-order valence-electron chi connectivity index (χ3n) is 5.83. The largest absolute Gasteiger partial charge is 0.465 e. The number of amides is 2. The van der Waals surface area contributed by atoms with Gasteiger partial charge in [-0.15, -0.1) is 0 Å². The second kappa shape index (κ2) is 10.7. The van der Waals surface area contributed by atoms with E-state index in [1.165, 1.54) is 0 Å². The minimum Gasteiger partial charge on any atom is -0.465 e. The van der Waals surface area contributed by atoms with Crippen molar-refractivity contribution in [2.45, 2.75) is 37.5 Å². The van der Waals surface area contributed by atoms with Crippen LogP contribution < -0.4 is 10.6 Å². The number of hydrogen-bond acceptors (Lipinski definition) is 4. The molecule has 0 aromatic heterocycles. The van der Waals surface area contributed by atoms with Gasteiger partial charge in [-0.2, -0.15) is 0 Å². The molecule has 0 heterocycles. The Bertz CT molecular complexity index is 1130. The Morgan fingerprint density at radius 2 is 1.50 bits per heavy atom. The van der Waals surface area contributed by atoms with Crippen LogP contribution in [0.2, 0.25) is 0 Å². The van der Waals surface area contributed by atoms with E-state index in [1.807, 2.05) is 72.8 Å². The van der Waals surface area contributed by atoms with Crippen molar-refractivity contribution in [2.75, 3.05) is 0 Å². The van der Waals surface area contributed by atoms with E-state index in [0.29, 0.717) is 12.0 Å². The van der Waals surface area contributed by atoms with Crippen LogP contribution in [0.25, 0.3) is 0 Å². The molecule has 3 aromatic rings. The molecule has 0 saturated heterocycles. The number of carboxylic acid groups (broad SMARTS) is 1. The highest BCUT2D eigenvalue weighted by atomic mass is 16.5. The lowest BCUT2D eigenvalue weighted by Gasteiger charge is -2.18. The minimum absolute atomic E-state index is 0.0917. The second-order valence-electron chi connectivity index (χ2n) is 8.33. The van der Waals surface area contributed by atoms with Crippen molar-refractivity contribution in [1.29, 1.82) is 0 Å². The van der Waals surface area contributed by atoms with E-state index in [2.05, 4.69) is 10.6 Å². The molecule has 0 radical (unpaired) electrons. The van der Waals surface area contributed by atoms with Crippen molar-refractivity contribution >= 4 is 18.0 Å². The number of carbonyl (C=O) groups is 3. The fraction of sp³-hybridized carbons (Fsp3) is 0.222. The molecule has 1 fully saturated rings. The van der Waals surface area contributed by atoms with E-state index in [-0.39, 0.29) is 24.3 Å². The predicted octanol–water partition coefficient (Wildman–Crippen LogP) is 4.53. The lowest BCUT2D eigenvalue weighted by Crippen LogP contribution is -2.42. The molecule has 1 aliphatic carbocycles. The Balaban J connectivity index is 1.43. The molecule has 3 atom stereocenters. The van der Waals surface area contributed by atoms with Gasteiger partial charge in [-0.05, 0) is 23.1 Å². The Labute approximate surface area is 197 Å². The third kappa shape index (κ3) is 6.22. The van der Waals surface area contributed by atoms with Gasteiger partial charge in [0.05, 0.1) is 6.04 Å². The highest BCUT2D eigenvalue weighted by Crippen LogP contribution is 2.40. The molecular formula is C27H26N2O5. The summed E-state index contributed by atoms with van der Waals surface area (Å²) in [5.41, 5.74) is 3.22. The van der Waals surface area contributed by atoms with E-state index < -0.39 is 18.2 Å². The smallest absolute Gasteiger partial charge is 0.408 e. The molecular weight excluding hydrogens is 432 g/mol. The van der Waals surface area contributed by atoms with Gasteiger partial charge in [0.15, 0.2) is 5.78 Å². The Morgan fingerprint density at radius 1 is 0.882 bits per heavy atom. The maximum absolute atomic E-state index is 13.3. The van der Waals surface area contributed by atoms with Gasteiger partial charge in [-0.3, -0.25) is 4.79 Å². The molecule has 1 saturated carbocycles. The molecule has 7 heteroatoms. The van der Waals surface area contributed by atoms with Crippen LogP contribution in [0.4, 0.5) is 9.59 Å². The van der Waals surface area contributed by atoms with Crippen LogP contribution in [-0.4, -0.2) is 35.2 Å². The summed E-state index contributed by atoms with van der Waals surface area (Å²) in [5, 5.41) is 14.1. The van der Waals surface area contributed by atoms with Crippen LogP contribution in [0.5, 0.6) is 0 Å². The maximum Gasteiger partial charge on any atom is 0.408 e. The molecule has 0 aliphatic heterocycles. The molecule has 0 spiro atoms. The van der Waals surface area contributed by atoms with Crippen molar-refractivity contribution in [3.8, 4) is 0 Å². The molecule has 4 rings (SSSR count). The Kier molecular flexibility index (Phi) is 7.22. The predicted molar refractivity (Wildman–Crippen MR) is 127 cm³/mol. The van der Waals surface area contributed by atoms with Crippen LogP contribution in [0.1, 0.15) is 39.4 Å². The quantitative estimate of drug-likeness (QED) is 0.409. The van der Waals surface area contributed by atoms with Gasteiger partial charge in [0.25, 0.3) is 0 Å². The van der Waals surface area contributed by atoms with Crippen LogP contribution in [0.3, 0.4) is 0 Å². The van der Waals surface area contributed by atoms with Gasteiger partial charge < -0.3 is 20.5 Å². The summed E-state index contributed by atoms with van der Waals surface area (Å²) in [5.74, 6) is -0.102.